The maximum absolute atomic E-state index is 6.20. The van der Waals surface area contributed by atoms with Gasteiger partial charge in [-0.1, -0.05) is 11.6 Å². The van der Waals surface area contributed by atoms with E-state index in [9.17, 15) is 0 Å². The van der Waals surface area contributed by atoms with Crippen molar-refractivity contribution in [1.82, 2.24) is 9.78 Å². The lowest BCUT2D eigenvalue weighted by Crippen LogP contribution is -2.26. The van der Waals surface area contributed by atoms with E-state index in [1.807, 2.05) is 18.5 Å². The van der Waals surface area contributed by atoms with E-state index < -0.39 is 0 Å². The van der Waals surface area contributed by atoms with Crippen LogP contribution in [0, 0.1) is 6.92 Å². The number of methoxy groups -OCH3 is 1. The van der Waals surface area contributed by atoms with Crippen LogP contribution in [0.2, 0.25) is 5.02 Å². The summed E-state index contributed by atoms with van der Waals surface area (Å²) in [5, 5.41) is 5.11. The number of rotatable bonds is 6. The van der Waals surface area contributed by atoms with Gasteiger partial charge in [0, 0.05) is 32.7 Å². The van der Waals surface area contributed by atoms with Crippen LogP contribution in [0.25, 0.3) is 0 Å². The molecule has 0 saturated carbocycles. The third-order valence-electron chi connectivity index (χ3n) is 2.60. The summed E-state index contributed by atoms with van der Waals surface area (Å²) in [6.45, 7) is 5.46. The average molecular weight is 246 g/mol. The summed E-state index contributed by atoms with van der Waals surface area (Å²) in [7, 11) is 1.68. The number of nitrogens with zero attached hydrogens (tertiary/aromatic N) is 2. The van der Waals surface area contributed by atoms with Gasteiger partial charge in [0.05, 0.1) is 16.4 Å². The third kappa shape index (κ3) is 3.20. The van der Waals surface area contributed by atoms with E-state index >= 15 is 0 Å². The predicted octanol–water partition coefficient (Wildman–Crippen LogP) is 1.77. The SMILES string of the molecule is CCn1nc(C)c(Cl)c1CC(N)CCOC. The molecular formula is C11H20ClN3O. The second-order valence-corrected chi connectivity index (χ2v) is 4.29. The molecule has 0 aliphatic rings. The molecule has 2 N–H and O–H groups in total. The van der Waals surface area contributed by atoms with E-state index in [1.165, 1.54) is 0 Å². The van der Waals surface area contributed by atoms with Crippen molar-refractivity contribution >= 4 is 11.6 Å². The molecule has 4 nitrogen and oxygen atoms in total. The minimum atomic E-state index is 0.0684. The van der Waals surface area contributed by atoms with Crippen LogP contribution in [-0.2, 0) is 17.7 Å². The zero-order chi connectivity index (χ0) is 12.1. The fourth-order valence-electron chi connectivity index (χ4n) is 1.68. The van der Waals surface area contributed by atoms with Gasteiger partial charge in [-0.15, -0.1) is 0 Å². The second-order valence-electron chi connectivity index (χ2n) is 3.91. The fourth-order valence-corrected chi connectivity index (χ4v) is 1.90. The molecule has 1 heterocycles. The molecule has 0 aliphatic carbocycles. The molecule has 0 amide bonds. The lowest BCUT2D eigenvalue weighted by molar-refractivity contribution is 0.187. The second kappa shape index (κ2) is 6.23. The minimum absolute atomic E-state index is 0.0684. The molecule has 1 aromatic heterocycles. The largest absolute Gasteiger partial charge is 0.385 e. The lowest BCUT2D eigenvalue weighted by atomic mass is 10.1. The van der Waals surface area contributed by atoms with Crippen LogP contribution in [-0.4, -0.2) is 29.5 Å². The van der Waals surface area contributed by atoms with Crippen LogP contribution in [0.5, 0.6) is 0 Å². The van der Waals surface area contributed by atoms with Gasteiger partial charge in [0.25, 0.3) is 0 Å². The Morgan fingerprint density at radius 3 is 2.81 bits per heavy atom. The number of hydrogen-bond donors (Lipinski definition) is 1. The molecule has 0 bridgehead atoms. The molecule has 16 heavy (non-hydrogen) atoms. The Morgan fingerprint density at radius 2 is 2.25 bits per heavy atom. The Morgan fingerprint density at radius 1 is 1.56 bits per heavy atom. The smallest absolute Gasteiger partial charge is 0.0847 e. The highest BCUT2D eigenvalue weighted by molar-refractivity contribution is 6.31. The van der Waals surface area contributed by atoms with Crippen LogP contribution >= 0.6 is 11.6 Å². The number of aryl methyl sites for hydroxylation is 2. The zero-order valence-electron chi connectivity index (χ0n) is 10.2. The van der Waals surface area contributed by atoms with E-state index in [0.717, 1.165) is 35.8 Å². The van der Waals surface area contributed by atoms with Crippen molar-refractivity contribution in [1.29, 1.82) is 0 Å². The first-order valence-electron chi connectivity index (χ1n) is 5.56. The van der Waals surface area contributed by atoms with Gasteiger partial charge in [-0.3, -0.25) is 4.68 Å². The third-order valence-corrected chi connectivity index (χ3v) is 3.09. The maximum Gasteiger partial charge on any atom is 0.0847 e. The summed E-state index contributed by atoms with van der Waals surface area (Å²) in [4.78, 5) is 0. The number of hydrogen-bond acceptors (Lipinski definition) is 3. The minimum Gasteiger partial charge on any atom is -0.385 e. The highest BCUT2D eigenvalue weighted by atomic mass is 35.5. The van der Waals surface area contributed by atoms with E-state index in [0.29, 0.717) is 6.61 Å². The summed E-state index contributed by atoms with van der Waals surface area (Å²) in [5.74, 6) is 0. The van der Waals surface area contributed by atoms with E-state index in [2.05, 4.69) is 5.10 Å². The molecule has 0 fully saturated rings. The topological polar surface area (TPSA) is 53.1 Å². The first-order chi connectivity index (χ1) is 7.60. The van der Waals surface area contributed by atoms with Gasteiger partial charge in [-0.2, -0.15) is 5.10 Å². The van der Waals surface area contributed by atoms with E-state index in [-0.39, 0.29) is 6.04 Å². The maximum atomic E-state index is 6.20. The van der Waals surface area contributed by atoms with Crippen LogP contribution in [0.1, 0.15) is 24.7 Å². The van der Waals surface area contributed by atoms with Crippen molar-refractivity contribution < 1.29 is 4.74 Å². The first kappa shape index (κ1) is 13.5. The van der Waals surface area contributed by atoms with Gasteiger partial charge < -0.3 is 10.5 Å². The van der Waals surface area contributed by atoms with Gasteiger partial charge >= 0.3 is 0 Å². The molecule has 0 spiro atoms. The summed E-state index contributed by atoms with van der Waals surface area (Å²) >= 11 is 6.20. The Balaban J connectivity index is 2.71. The number of nitrogens with two attached hydrogens (primary N) is 1. The summed E-state index contributed by atoms with van der Waals surface area (Å²) in [5.41, 5.74) is 7.92. The highest BCUT2D eigenvalue weighted by Gasteiger charge is 2.15. The Kier molecular flexibility index (Phi) is 5.25. The highest BCUT2D eigenvalue weighted by Crippen LogP contribution is 2.21. The van der Waals surface area contributed by atoms with Crippen LogP contribution in [0.3, 0.4) is 0 Å². The molecule has 0 aliphatic heterocycles. The fraction of sp³-hybridized carbons (Fsp3) is 0.727. The molecule has 1 atom stereocenters. The molecule has 1 rings (SSSR count). The Bertz CT molecular complexity index is 338. The van der Waals surface area contributed by atoms with Crippen molar-refractivity contribution in [3.05, 3.63) is 16.4 Å². The molecule has 0 aromatic carbocycles. The van der Waals surface area contributed by atoms with Crippen LogP contribution in [0.15, 0.2) is 0 Å². The van der Waals surface area contributed by atoms with Gasteiger partial charge in [0.1, 0.15) is 0 Å². The summed E-state index contributed by atoms with van der Waals surface area (Å²) < 4.78 is 6.93. The lowest BCUT2D eigenvalue weighted by Gasteiger charge is -2.12. The van der Waals surface area contributed by atoms with Crippen molar-refractivity contribution in [2.75, 3.05) is 13.7 Å². The van der Waals surface area contributed by atoms with E-state index in [1.54, 1.807) is 7.11 Å². The molecule has 1 aromatic rings. The van der Waals surface area contributed by atoms with Gasteiger partial charge in [-0.05, 0) is 20.3 Å². The zero-order valence-corrected chi connectivity index (χ0v) is 10.9. The molecule has 0 saturated heterocycles. The van der Waals surface area contributed by atoms with Crippen molar-refractivity contribution in [2.45, 2.75) is 39.3 Å². The van der Waals surface area contributed by atoms with Gasteiger partial charge in [0.15, 0.2) is 0 Å². The monoisotopic (exact) mass is 245 g/mol. The van der Waals surface area contributed by atoms with Crippen molar-refractivity contribution in [3.63, 3.8) is 0 Å². The van der Waals surface area contributed by atoms with Gasteiger partial charge in [0.2, 0.25) is 0 Å². The standard InChI is InChI=1S/C11H20ClN3O/c1-4-15-10(11(12)8(2)14-15)7-9(13)5-6-16-3/h9H,4-7,13H2,1-3H3. The molecule has 92 valence electrons. The van der Waals surface area contributed by atoms with Crippen molar-refractivity contribution in [3.8, 4) is 0 Å². The molecule has 1 unspecified atom stereocenters. The molecular weight excluding hydrogens is 226 g/mol. The van der Waals surface area contributed by atoms with Gasteiger partial charge in [-0.25, -0.2) is 0 Å². The number of halogens is 1. The molecule has 5 heteroatoms. The normalized spacial score (nSPS) is 13.1. The number of ether oxygens (including phenoxy) is 1. The van der Waals surface area contributed by atoms with Crippen LogP contribution in [0.4, 0.5) is 0 Å². The average Bonchev–Trinajstić information content (AvgIpc) is 2.54. The first-order valence-corrected chi connectivity index (χ1v) is 5.94. The quantitative estimate of drug-likeness (QED) is 0.831. The van der Waals surface area contributed by atoms with E-state index in [4.69, 9.17) is 22.1 Å². The number of aromatic nitrogens is 2. The molecule has 0 radical (unpaired) electrons. The summed E-state index contributed by atoms with van der Waals surface area (Å²) in [6.07, 6.45) is 1.58. The Labute approximate surface area is 102 Å². The predicted molar refractivity (Wildman–Crippen MR) is 65.8 cm³/mol. The van der Waals surface area contributed by atoms with Crippen molar-refractivity contribution in [2.24, 2.45) is 5.73 Å². The van der Waals surface area contributed by atoms with Crippen LogP contribution < -0.4 is 5.73 Å². The Hall–Kier alpha value is -0.580. The summed E-state index contributed by atoms with van der Waals surface area (Å²) in [6, 6.07) is 0.0684.